The Morgan fingerprint density at radius 1 is 1.36 bits per heavy atom. The molecule has 0 saturated carbocycles. The monoisotopic (exact) mass is 211 g/mol. The molecule has 0 saturated heterocycles. The summed E-state index contributed by atoms with van der Waals surface area (Å²) in [5.41, 5.74) is 0. The highest BCUT2D eigenvalue weighted by Crippen LogP contribution is 2.19. The molecule has 1 heterocycles. The van der Waals surface area contributed by atoms with Gasteiger partial charge in [0.25, 0.3) is 0 Å². The first-order valence-corrected chi connectivity index (χ1v) is 5.58. The first-order valence-electron chi connectivity index (χ1n) is 4.77. The van der Waals surface area contributed by atoms with Gasteiger partial charge in [0.1, 0.15) is 5.01 Å². The van der Waals surface area contributed by atoms with Crippen LogP contribution >= 0.6 is 11.3 Å². The summed E-state index contributed by atoms with van der Waals surface area (Å²) in [6, 6.07) is 0. The van der Waals surface area contributed by atoms with Gasteiger partial charge in [-0.2, -0.15) is 0 Å². The van der Waals surface area contributed by atoms with Gasteiger partial charge in [-0.25, -0.2) is 4.79 Å². The average Bonchev–Trinajstić information content (AvgIpc) is 2.61. The standard InChI is InChI=1S/C9H13N3OS/c1-2-3-4-5-6-8-11-12-9(14-8)10-7-13/h2-6H2,1H3. The lowest BCUT2D eigenvalue weighted by atomic mass is 10.2. The normalized spacial score (nSPS) is 9.79. The molecule has 0 aliphatic heterocycles. The maximum Gasteiger partial charge on any atom is 0.242 e. The Morgan fingerprint density at radius 2 is 2.21 bits per heavy atom. The zero-order chi connectivity index (χ0) is 10.2. The van der Waals surface area contributed by atoms with Gasteiger partial charge in [0.05, 0.1) is 0 Å². The second kappa shape index (κ2) is 6.40. The van der Waals surface area contributed by atoms with E-state index >= 15 is 0 Å². The molecule has 1 aromatic heterocycles. The molecular formula is C9H13N3OS. The van der Waals surface area contributed by atoms with Crippen LogP contribution in [0.1, 0.15) is 37.6 Å². The van der Waals surface area contributed by atoms with Gasteiger partial charge in [0.2, 0.25) is 11.2 Å². The number of unbranched alkanes of at least 4 members (excludes halogenated alkanes) is 3. The highest BCUT2D eigenvalue weighted by molar-refractivity contribution is 7.14. The van der Waals surface area contributed by atoms with Gasteiger partial charge in [-0.3, -0.25) is 0 Å². The summed E-state index contributed by atoms with van der Waals surface area (Å²) in [5, 5.41) is 9.03. The Bertz CT molecular complexity index is 318. The summed E-state index contributed by atoms with van der Waals surface area (Å²) in [7, 11) is 0. The Balaban J connectivity index is 2.32. The number of aryl methyl sites for hydroxylation is 1. The molecular weight excluding hydrogens is 198 g/mol. The average molecular weight is 211 g/mol. The van der Waals surface area contributed by atoms with Crippen molar-refractivity contribution in [1.29, 1.82) is 0 Å². The molecule has 0 N–H and O–H groups in total. The molecule has 1 rings (SSSR count). The Labute approximate surface area is 87.1 Å². The van der Waals surface area contributed by atoms with Crippen molar-refractivity contribution in [2.24, 2.45) is 4.99 Å². The summed E-state index contributed by atoms with van der Waals surface area (Å²) >= 11 is 1.36. The van der Waals surface area contributed by atoms with Crippen LogP contribution < -0.4 is 0 Å². The molecule has 0 unspecified atom stereocenters. The van der Waals surface area contributed by atoms with E-state index in [1.165, 1.54) is 36.7 Å². The van der Waals surface area contributed by atoms with Crippen LogP contribution in [-0.4, -0.2) is 16.3 Å². The van der Waals surface area contributed by atoms with Crippen molar-refractivity contribution in [3.05, 3.63) is 5.01 Å². The van der Waals surface area contributed by atoms with Crippen LogP contribution in [0.25, 0.3) is 0 Å². The van der Waals surface area contributed by atoms with Crippen LogP contribution in [0.5, 0.6) is 0 Å². The lowest BCUT2D eigenvalue weighted by Crippen LogP contribution is -1.84. The SMILES string of the molecule is CCCCCCc1nnc(N=C=O)s1. The smallest absolute Gasteiger partial charge is 0.211 e. The van der Waals surface area contributed by atoms with E-state index in [0.29, 0.717) is 5.13 Å². The minimum Gasteiger partial charge on any atom is -0.211 e. The first-order chi connectivity index (χ1) is 6.86. The fourth-order valence-corrected chi connectivity index (χ4v) is 1.84. The summed E-state index contributed by atoms with van der Waals surface area (Å²) in [5.74, 6) is 0. The van der Waals surface area contributed by atoms with Crippen LogP contribution in [0.3, 0.4) is 0 Å². The number of aliphatic imine (C=N–C) groups is 1. The van der Waals surface area contributed by atoms with E-state index in [9.17, 15) is 4.79 Å². The number of hydrogen-bond acceptors (Lipinski definition) is 5. The molecule has 0 aliphatic rings. The fourth-order valence-electron chi connectivity index (χ4n) is 1.13. The lowest BCUT2D eigenvalue weighted by molar-refractivity contribution is 0.565. The van der Waals surface area contributed by atoms with Gasteiger partial charge < -0.3 is 0 Å². The van der Waals surface area contributed by atoms with Crippen molar-refractivity contribution in [2.45, 2.75) is 39.0 Å². The Morgan fingerprint density at radius 3 is 2.93 bits per heavy atom. The van der Waals surface area contributed by atoms with Gasteiger partial charge in [-0.05, 0) is 6.42 Å². The van der Waals surface area contributed by atoms with Gasteiger partial charge in [0.15, 0.2) is 0 Å². The molecule has 4 nitrogen and oxygen atoms in total. The third-order valence-corrected chi connectivity index (χ3v) is 2.72. The lowest BCUT2D eigenvalue weighted by Gasteiger charge is -1.94. The third kappa shape index (κ3) is 3.77. The van der Waals surface area contributed by atoms with E-state index in [1.807, 2.05) is 0 Å². The van der Waals surface area contributed by atoms with Crippen LogP contribution in [0.15, 0.2) is 4.99 Å². The molecule has 0 spiro atoms. The molecule has 0 aliphatic carbocycles. The number of isocyanates is 1. The van der Waals surface area contributed by atoms with Crippen molar-refractivity contribution in [2.75, 3.05) is 0 Å². The molecule has 0 bridgehead atoms. The molecule has 5 heteroatoms. The predicted octanol–water partition coefficient (Wildman–Crippen LogP) is 2.63. The minimum atomic E-state index is 0.408. The predicted molar refractivity (Wildman–Crippen MR) is 55.5 cm³/mol. The van der Waals surface area contributed by atoms with E-state index in [0.717, 1.165) is 17.8 Å². The van der Waals surface area contributed by atoms with E-state index < -0.39 is 0 Å². The highest BCUT2D eigenvalue weighted by atomic mass is 32.1. The number of rotatable bonds is 6. The van der Waals surface area contributed by atoms with Crippen LogP contribution in [0.4, 0.5) is 5.13 Å². The second-order valence-corrected chi connectivity index (χ2v) is 4.03. The third-order valence-electron chi connectivity index (χ3n) is 1.84. The number of hydrogen-bond donors (Lipinski definition) is 0. The fraction of sp³-hybridized carbons (Fsp3) is 0.667. The van der Waals surface area contributed by atoms with E-state index in [2.05, 4.69) is 22.1 Å². The first kappa shape index (κ1) is 11.0. The zero-order valence-corrected chi connectivity index (χ0v) is 9.01. The Hall–Kier alpha value is -1.06. The van der Waals surface area contributed by atoms with Gasteiger partial charge in [-0.15, -0.1) is 15.2 Å². The summed E-state index contributed by atoms with van der Waals surface area (Å²) in [6.45, 7) is 2.18. The molecule has 1 aromatic rings. The van der Waals surface area contributed by atoms with Crippen molar-refractivity contribution in [1.82, 2.24) is 10.2 Å². The van der Waals surface area contributed by atoms with Gasteiger partial charge in [-0.1, -0.05) is 37.5 Å². The summed E-state index contributed by atoms with van der Waals surface area (Å²) < 4.78 is 0. The van der Waals surface area contributed by atoms with E-state index in [-0.39, 0.29) is 0 Å². The molecule has 0 fully saturated rings. The number of carbonyl (C=O) groups excluding carboxylic acids is 1. The summed E-state index contributed by atoms with van der Waals surface area (Å²) in [4.78, 5) is 13.3. The molecule has 14 heavy (non-hydrogen) atoms. The molecule has 0 amide bonds. The molecule has 0 atom stereocenters. The van der Waals surface area contributed by atoms with Crippen molar-refractivity contribution >= 4 is 22.5 Å². The van der Waals surface area contributed by atoms with Crippen LogP contribution in [0.2, 0.25) is 0 Å². The minimum absolute atomic E-state index is 0.408. The Kier molecular flexibility index (Phi) is 5.04. The highest BCUT2D eigenvalue weighted by Gasteiger charge is 2.01. The topological polar surface area (TPSA) is 55.2 Å². The largest absolute Gasteiger partial charge is 0.242 e. The van der Waals surface area contributed by atoms with Crippen molar-refractivity contribution in [3.8, 4) is 0 Å². The molecule has 0 radical (unpaired) electrons. The van der Waals surface area contributed by atoms with E-state index in [1.54, 1.807) is 0 Å². The van der Waals surface area contributed by atoms with Gasteiger partial charge >= 0.3 is 0 Å². The van der Waals surface area contributed by atoms with Crippen molar-refractivity contribution < 1.29 is 4.79 Å². The molecule has 0 aromatic carbocycles. The zero-order valence-electron chi connectivity index (χ0n) is 8.19. The van der Waals surface area contributed by atoms with Crippen molar-refractivity contribution in [3.63, 3.8) is 0 Å². The molecule has 76 valence electrons. The number of aromatic nitrogens is 2. The van der Waals surface area contributed by atoms with Gasteiger partial charge in [0, 0.05) is 6.42 Å². The quantitative estimate of drug-likeness (QED) is 0.413. The maximum atomic E-state index is 9.93. The maximum absolute atomic E-state index is 9.93. The van der Waals surface area contributed by atoms with Crippen LogP contribution in [0, 0.1) is 0 Å². The van der Waals surface area contributed by atoms with E-state index in [4.69, 9.17) is 0 Å². The number of nitrogens with zero attached hydrogens (tertiary/aromatic N) is 3. The summed E-state index contributed by atoms with van der Waals surface area (Å²) in [6.07, 6.45) is 7.24. The second-order valence-electron chi connectivity index (χ2n) is 2.99. The van der Waals surface area contributed by atoms with Crippen LogP contribution in [-0.2, 0) is 11.2 Å².